The Bertz CT molecular complexity index is 300. The van der Waals surface area contributed by atoms with Gasteiger partial charge >= 0.3 is 5.97 Å². The second-order valence-corrected chi connectivity index (χ2v) is 3.07. The van der Waals surface area contributed by atoms with Crippen LogP contribution in [0.1, 0.15) is 12.5 Å². The molecule has 0 saturated heterocycles. The molecule has 15 heavy (non-hydrogen) atoms. The van der Waals surface area contributed by atoms with Gasteiger partial charge in [-0.3, -0.25) is 4.84 Å². The lowest BCUT2D eigenvalue weighted by Gasteiger charge is -2.12. The Morgan fingerprint density at radius 2 is 2.07 bits per heavy atom. The molecule has 0 aliphatic heterocycles. The molecule has 1 atom stereocenters. The van der Waals surface area contributed by atoms with Crippen LogP contribution in [-0.2, 0) is 20.8 Å². The average Bonchev–Trinajstić information content (AvgIpc) is 2.27. The molecule has 0 unspecified atom stereocenters. The lowest BCUT2D eigenvalue weighted by Crippen LogP contribution is -2.31. The second kappa shape index (κ2) is 6.16. The summed E-state index contributed by atoms with van der Waals surface area (Å²) in [6, 6.07) is 9.52. The number of ether oxygens (including phenoxy) is 1. The molecule has 82 valence electrons. The molecule has 1 aromatic carbocycles. The van der Waals surface area contributed by atoms with Crippen LogP contribution in [0.15, 0.2) is 30.3 Å². The van der Waals surface area contributed by atoms with Gasteiger partial charge in [-0.05, 0) is 12.5 Å². The number of carbonyl (C=O) groups excluding carboxylic acids is 1. The van der Waals surface area contributed by atoms with Crippen molar-refractivity contribution in [1.29, 1.82) is 0 Å². The molecule has 2 N–H and O–H groups in total. The first-order chi connectivity index (χ1) is 7.27. The van der Waals surface area contributed by atoms with Crippen LogP contribution >= 0.6 is 0 Å². The van der Waals surface area contributed by atoms with Crippen LogP contribution in [0.25, 0.3) is 0 Å². The van der Waals surface area contributed by atoms with Crippen LogP contribution in [-0.4, -0.2) is 18.7 Å². The first kappa shape index (κ1) is 11.7. The summed E-state index contributed by atoms with van der Waals surface area (Å²) in [6.45, 7) is 2.07. The molecule has 1 aromatic rings. The molecule has 0 amide bonds. The molecule has 0 bridgehead atoms. The molecule has 0 heterocycles. The maximum absolute atomic E-state index is 11.4. The van der Waals surface area contributed by atoms with E-state index in [1.807, 2.05) is 30.3 Å². The topological polar surface area (TPSA) is 61.5 Å². The molecule has 0 aliphatic carbocycles. The molecule has 4 nitrogen and oxygen atoms in total. The number of benzene rings is 1. The van der Waals surface area contributed by atoms with Gasteiger partial charge in [0.2, 0.25) is 0 Å². The van der Waals surface area contributed by atoms with Crippen LogP contribution in [0.5, 0.6) is 0 Å². The summed E-state index contributed by atoms with van der Waals surface area (Å²) in [5.74, 6) is 4.62. The van der Waals surface area contributed by atoms with Gasteiger partial charge in [0.05, 0.1) is 6.61 Å². The second-order valence-electron chi connectivity index (χ2n) is 3.07. The fourth-order valence-electron chi connectivity index (χ4n) is 1.25. The van der Waals surface area contributed by atoms with E-state index in [4.69, 9.17) is 10.6 Å². The van der Waals surface area contributed by atoms with Gasteiger partial charge in [0.1, 0.15) is 0 Å². The fourth-order valence-corrected chi connectivity index (χ4v) is 1.25. The number of esters is 1. The maximum atomic E-state index is 11.4. The molecule has 0 aliphatic rings. The summed E-state index contributed by atoms with van der Waals surface area (Å²) in [7, 11) is 0. The Morgan fingerprint density at radius 3 is 2.60 bits per heavy atom. The highest BCUT2D eigenvalue weighted by Crippen LogP contribution is 2.06. The van der Waals surface area contributed by atoms with Crippen LogP contribution in [0.2, 0.25) is 0 Å². The minimum Gasteiger partial charge on any atom is -0.464 e. The zero-order valence-corrected chi connectivity index (χ0v) is 8.68. The number of rotatable bonds is 5. The SMILES string of the molecule is CCOC(=O)[C@@H](Cc1ccccc1)ON. The molecule has 0 fully saturated rings. The van der Waals surface area contributed by atoms with Gasteiger partial charge in [0.15, 0.2) is 6.10 Å². The van der Waals surface area contributed by atoms with Crippen molar-refractivity contribution < 1.29 is 14.4 Å². The van der Waals surface area contributed by atoms with E-state index in [-0.39, 0.29) is 0 Å². The molecule has 0 radical (unpaired) electrons. The minimum absolute atomic E-state index is 0.327. The summed E-state index contributed by atoms with van der Waals surface area (Å²) >= 11 is 0. The van der Waals surface area contributed by atoms with E-state index in [1.165, 1.54) is 0 Å². The standard InChI is InChI=1S/C11H15NO3/c1-2-14-11(13)10(15-12)8-9-6-4-3-5-7-9/h3-7,10H,2,8,12H2,1H3/t10-/m1/s1. The highest BCUT2D eigenvalue weighted by Gasteiger charge is 2.19. The first-order valence-corrected chi connectivity index (χ1v) is 4.84. The molecular weight excluding hydrogens is 194 g/mol. The third kappa shape index (κ3) is 3.69. The van der Waals surface area contributed by atoms with Crippen molar-refractivity contribution in [2.45, 2.75) is 19.4 Å². The van der Waals surface area contributed by atoms with Gasteiger partial charge in [-0.1, -0.05) is 30.3 Å². The Kier molecular flexibility index (Phi) is 4.80. The Labute approximate surface area is 88.9 Å². The Balaban J connectivity index is 2.58. The van der Waals surface area contributed by atoms with Crippen LogP contribution < -0.4 is 5.90 Å². The first-order valence-electron chi connectivity index (χ1n) is 4.84. The third-order valence-corrected chi connectivity index (χ3v) is 1.98. The lowest BCUT2D eigenvalue weighted by atomic mass is 10.1. The van der Waals surface area contributed by atoms with Gasteiger partial charge in [0.25, 0.3) is 0 Å². The number of nitrogens with two attached hydrogens (primary N) is 1. The quantitative estimate of drug-likeness (QED) is 0.581. The third-order valence-electron chi connectivity index (χ3n) is 1.98. The van der Waals surface area contributed by atoms with Crippen molar-refractivity contribution in [3.05, 3.63) is 35.9 Å². The Morgan fingerprint density at radius 1 is 1.40 bits per heavy atom. The van der Waals surface area contributed by atoms with E-state index in [0.717, 1.165) is 5.56 Å². The highest BCUT2D eigenvalue weighted by atomic mass is 16.6. The summed E-state index contributed by atoms with van der Waals surface area (Å²) in [5.41, 5.74) is 0.987. The molecule has 4 heteroatoms. The highest BCUT2D eigenvalue weighted by molar-refractivity contribution is 5.75. The van der Waals surface area contributed by atoms with E-state index < -0.39 is 12.1 Å². The number of hydrogen-bond acceptors (Lipinski definition) is 4. The van der Waals surface area contributed by atoms with Crippen molar-refractivity contribution in [2.75, 3.05) is 6.61 Å². The zero-order valence-electron chi connectivity index (χ0n) is 8.68. The normalized spacial score (nSPS) is 12.1. The van der Waals surface area contributed by atoms with Crippen molar-refractivity contribution >= 4 is 5.97 Å². The molecule has 1 rings (SSSR count). The van der Waals surface area contributed by atoms with Crippen LogP contribution in [0.3, 0.4) is 0 Å². The predicted octanol–water partition coefficient (Wildman–Crippen LogP) is 1.05. The van der Waals surface area contributed by atoms with E-state index in [1.54, 1.807) is 6.92 Å². The summed E-state index contributed by atoms with van der Waals surface area (Å²) in [4.78, 5) is 15.9. The Hall–Kier alpha value is -1.39. The van der Waals surface area contributed by atoms with Gasteiger partial charge in [-0.25, -0.2) is 10.7 Å². The summed E-state index contributed by atoms with van der Waals surface area (Å²) in [5, 5.41) is 0. The van der Waals surface area contributed by atoms with E-state index >= 15 is 0 Å². The van der Waals surface area contributed by atoms with Crippen molar-refractivity contribution in [3.63, 3.8) is 0 Å². The fraction of sp³-hybridized carbons (Fsp3) is 0.364. The van der Waals surface area contributed by atoms with Crippen LogP contribution in [0, 0.1) is 0 Å². The van der Waals surface area contributed by atoms with Gasteiger partial charge < -0.3 is 4.74 Å². The van der Waals surface area contributed by atoms with Crippen LogP contribution in [0.4, 0.5) is 0 Å². The smallest absolute Gasteiger partial charge is 0.337 e. The average molecular weight is 209 g/mol. The molecule has 0 spiro atoms. The van der Waals surface area contributed by atoms with E-state index in [0.29, 0.717) is 13.0 Å². The van der Waals surface area contributed by atoms with Gasteiger partial charge in [0, 0.05) is 6.42 Å². The zero-order chi connectivity index (χ0) is 11.1. The number of carbonyl (C=O) groups is 1. The van der Waals surface area contributed by atoms with Crippen molar-refractivity contribution in [3.8, 4) is 0 Å². The molecule has 0 aromatic heterocycles. The monoisotopic (exact) mass is 209 g/mol. The maximum Gasteiger partial charge on any atom is 0.337 e. The lowest BCUT2D eigenvalue weighted by molar-refractivity contribution is -0.156. The van der Waals surface area contributed by atoms with E-state index in [2.05, 4.69) is 4.84 Å². The van der Waals surface area contributed by atoms with E-state index in [9.17, 15) is 4.79 Å². The summed E-state index contributed by atoms with van der Waals surface area (Å²) in [6.07, 6.45) is -0.303. The largest absolute Gasteiger partial charge is 0.464 e. The van der Waals surface area contributed by atoms with Crippen molar-refractivity contribution in [1.82, 2.24) is 0 Å². The minimum atomic E-state index is -0.729. The molecule has 0 saturated carbocycles. The molecular formula is C11H15NO3. The number of hydrogen-bond donors (Lipinski definition) is 1. The predicted molar refractivity (Wildman–Crippen MR) is 55.8 cm³/mol. The van der Waals surface area contributed by atoms with Crippen molar-refractivity contribution in [2.24, 2.45) is 5.90 Å². The van der Waals surface area contributed by atoms with Gasteiger partial charge in [-0.2, -0.15) is 0 Å². The van der Waals surface area contributed by atoms with Gasteiger partial charge in [-0.15, -0.1) is 0 Å². The summed E-state index contributed by atoms with van der Waals surface area (Å²) < 4.78 is 4.82.